The predicted molar refractivity (Wildman–Crippen MR) is 59.9 cm³/mol. The molecule has 1 aliphatic carbocycles. The van der Waals surface area contributed by atoms with E-state index >= 15 is 0 Å². The van der Waals surface area contributed by atoms with Crippen LogP contribution in [0, 0.1) is 0 Å². The first kappa shape index (κ1) is 13.5. The van der Waals surface area contributed by atoms with Crippen LogP contribution in [0.1, 0.15) is 51.9 Å². The third kappa shape index (κ3) is 4.49. The van der Waals surface area contributed by atoms with Crippen LogP contribution in [-0.4, -0.2) is 34.5 Å². The van der Waals surface area contributed by atoms with E-state index in [1.807, 2.05) is 0 Å². The first-order valence-electron chi connectivity index (χ1n) is 6.19. The van der Waals surface area contributed by atoms with Crippen LogP contribution in [0.25, 0.3) is 0 Å². The van der Waals surface area contributed by atoms with Gasteiger partial charge in [0.1, 0.15) is 6.10 Å². The molecule has 0 aromatic heterocycles. The number of hydrogen-bond acceptors (Lipinski definition) is 4. The summed E-state index contributed by atoms with van der Waals surface area (Å²) in [4.78, 5) is 11.4. The fourth-order valence-corrected chi connectivity index (χ4v) is 2.00. The average Bonchev–Trinajstić information content (AvgIpc) is 2.52. The van der Waals surface area contributed by atoms with E-state index in [1.54, 1.807) is 0 Å². The van der Waals surface area contributed by atoms with Gasteiger partial charge >= 0.3 is 5.97 Å². The fraction of sp³-hybridized carbons (Fsp3) is 0.917. The van der Waals surface area contributed by atoms with Crippen LogP contribution >= 0.6 is 0 Å². The first-order chi connectivity index (χ1) is 7.63. The van der Waals surface area contributed by atoms with Gasteiger partial charge in [-0.15, -0.1) is 0 Å². The van der Waals surface area contributed by atoms with E-state index in [2.05, 4.69) is 6.92 Å². The van der Waals surface area contributed by atoms with Gasteiger partial charge in [-0.25, -0.2) is 0 Å². The van der Waals surface area contributed by atoms with Gasteiger partial charge < -0.3 is 14.9 Å². The summed E-state index contributed by atoms with van der Waals surface area (Å²) in [5, 5.41) is 18.8. The van der Waals surface area contributed by atoms with Crippen molar-refractivity contribution in [2.45, 2.75) is 70.2 Å². The lowest BCUT2D eigenvalue weighted by atomic mass is 10.1. The molecular formula is C12H22O4. The summed E-state index contributed by atoms with van der Waals surface area (Å²) in [6.45, 7) is 2.12. The van der Waals surface area contributed by atoms with Crippen LogP contribution in [0.2, 0.25) is 0 Å². The Morgan fingerprint density at radius 1 is 1.25 bits per heavy atom. The van der Waals surface area contributed by atoms with Crippen LogP contribution in [0.5, 0.6) is 0 Å². The summed E-state index contributed by atoms with van der Waals surface area (Å²) in [6, 6.07) is 0. The predicted octanol–water partition coefficient (Wildman–Crippen LogP) is 1.38. The molecule has 0 radical (unpaired) electrons. The van der Waals surface area contributed by atoms with Crippen molar-refractivity contribution in [3.05, 3.63) is 0 Å². The highest BCUT2D eigenvalue weighted by Crippen LogP contribution is 2.23. The van der Waals surface area contributed by atoms with E-state index in [0.29, 0.717) is 19.3 Å². The number of aliphatic hydroxyl groups excluding tert-OH is 2. The molecule has 4 heteroatoms. The third-order valence-corrected chi connectivity index (χ3v) is 2.96. The molecule has 3 atom stereocenters. The number of esters is 1. The highest BCUT2D eigenvalue weighted by molar-refractivity contribution is 5.69. The Labute approximate surface area is 96.6 Å². The molecule has 0 aromatic carbocycles. The van der Waals surface area contributed by atoms with Gasteiger partial charge in [-0.2, -0.15) is 0 Å². The Kier molecular flexibility index (Phi) is 5.77. The molecule has 16 heavy (non-hydrogen) atoms. The molecule has 0 amide bonds. The zero-order valence-electron chi connectivity index (χ0n) is 9.89. The molecule has 2 N–H and O–H groups in total. The maximum atomic E-state index is 11.4. The lowest BCUT2D eigenvalue weighted by Gasteiger charge is -2.15. The van der Waals surface area contributed by atoms with Crippen molar-refractivity contribution >= 4 is 5.97 Å². The number of carbonyl (C=O) groups is 1. The van der Waals surface area contributed by atoms with E-state index in [0.717, 1.165) is 25.7 Å². The summed E-state index contributed by atoms with van der Waals surface area (Å²) in [7, 11) is 0. The highest BCUT2D eigenvalue weighted by Gasteiger charge is 2.34. The van der Waals surface area contributed by atoms with Gasteiger partial charge in [0, 0.05) is 19.3 Å². The van der Waals surface area contributed by atoms with Crippen molar-refractivity contribution in [2.24, 2.45) is 0 Å². The lowest BCUT2D eigenvalue weighted by molar-refractivity contribution is -0.153. The number of carbonyl (C=O) groups excluding carboxylic acids is 1. The van der Waals surface area contributed by atoms with Crippen molar-refractivity contribution in [2.75, 3.05) is 0 Å². The summed E-state index contributed by atoms with van der Waals surface area (Å²) in [6.07, 6.45) is 3.52. The topological polar surface area (TPSA) is 66.8 Å². The highest BCUT2D eigenvalue weighted by atomic mass is 16.6. The zero-order chi connectivity index (χ0) is 12.0. The van der Waals surface area contributed by atoms with E-state index in [-0.39, 0.29) is 5.97 Å². The normalized spacial score (nSPS) is 29.3. The second kappa shape index (κ2) is 6.86. The van der Waals surface area contributed by atoms with Crippen molar-refractivity contribution in [1.82, 2.24) is 0 Å². The third-order valence-electron chi connectivity index (χ3n) is 2.96. The largest absolute Gasteiger partial charge is 0.459 e. The molecule has 3 unspecified atom stereocenters. The van der Waals surface area contributed by atoms with E-state index in [1.165, 1.54) is 0 Å². The quantitative estimate of drug-likeness (QED) is 0.534. The minimum absolute atomic E-state index is 0.255. The van der Waals surface area contributed by atoms with Gasteiger partial charge in [0.15, 0.2) is 0 Å². The molecule has 94 valence electrons. The summed E-state index contributed by atoms with van der Waals surface area (Å²) in [5.41, 5.74) is 0. The molecule has 0 spiro atoms. The Morgan fingerprint density at radius 3 is 2.56 bits per heavy atom. The number of aliphatic hydroxyl groups is 2. The Hall–Kier alpha value is -0.610. The van der Waals surface area contributed by atoms with Gasteiger partial charge in [0.25, 0.3) is 0 Å². The summed E-state index contributed by atoms with van der Waals surface area (Å²) < 4.78 is 5.13. The van der Waals surface area contributed by atoms with Crippen LogP contribution in [0.4, 0.5) is 0 Å². The minimum atomic E-state index is -0.699. The van der Waals surface area contributed by atoms with Crippen molar-refractivity contribution < 1.29 is 19.7 Å². The molecule has 1 fully saturated rings. The van der Waals surface area contributed by atoms with Gasteiger partial charge in [0.05, 0.1) is 12.2 Å². The molecule has 0 aromatic rings. The van der Waals surface area contributed by atoms with Gasteiger partial charge in [-0.05, 0) is 6.42 Å². The number of ether oxygens (including phenoxy) is 1. The monoisotopic (exact) mass is 230 g/mol. The number of rotatable bonds is 6. The Bertz CT molecular complexity index is 217. The zero-order valence-corrected chi connectivity index (χ0v) is 9.89. The minimum Gasteiger partial charge on any atom is -0.459 e. The first-order valence-corrected chi connectivity index (χ1v) is 6.19. The SMILES string of the molecule is CCCCCCC(=O)OC1CC(O)CC1O. The Balaban J connectivity index is 2.14. The molecule has 0 bridgehead atoms. The molecule has 4 nitrogen and oxygen atoms in total. The molecule has 1 saturated carbocycles. The second-order valence-electron chi connectivity index (χ2n) is 4.53. The van der Waals surface area contributed by atoms with E-state index in [4.69, 9.17) is 4.74 Å². The standard InChI is InChI=1S/C12H22O4/c1-2-3-4-5-6-12(15)16-11-8-9(13)7-10(11)14/h9-11,13-14H,2-8H2,1H3. The molecule has 1 aliphatic rings. The van der Waals surface area contributed by atoms with Crippen molar-refractivity contribution in [3.8, 4) is 0 Å². The second-order valence-corrected chi connectivity index (χ2v) is 4.53. The molecular weight excluding hydrogens is 208 g/mol. The van der Waals surface area contributed by atoms with Crippen molar-refractivity contribution in [3.63, 3.8) is 0 Å². The average molecular weight is 230 g/mol. The van der Waals surface area contributed by atoms with Crippen molar-refractivity contribution in [1.29, 1.82) is 0 Å². The summed E-state index contributed by atoms with van der Waals surface area (Å²) >= 11 is 0. The van der Waals surface area contributed by atoms with E-state index in [9.17, 15) is 15.0 Å². The van der Waals surface area contributed by atoms with Gasteiger partial charge in [-0.3, -0.25) is 4.79 Å². The van der Waals surface area contributed by atoms with Gasteiger partial charge in [0.2, 0.25) is 0 Å². The van der Waals surface area contributed by atoms with Crippen LogP contribution in [0.3, 0.4) is 0 Å². The lowest BCUT2D eigenvalue weighted by Crippen LogP contribution is -2.25. The number of hydrogen-bond donors (Lipinski definition) is 2. The Morgan fingerprint density at radius 2 is 2.00 bits per heavy atom. The number of unbranched alkanes of at least 4 members (excludes halogenated alkanes) is 3. The smallest absolute Gasteiger partial charge is 0.306 e. The maximum Gasteiger partial charge on any atom is 0.306 e. The van der Waals surface area contributed by atoms with Crippen LogP contribution in [0.15, 0.2) is 0 Å². The fourth-order valence-electron chi connectivity index (χ4n) is 2.00. The molecule has 0 saturated heterocycles. The maximum absolute atomic E-state index is 11.4. The van der Waals surface area contributed by atoms with Gasteiger partial charge in [-0.1, -0.05) is 26.2 Å². The van der Waals surface area contributed by atoms with E-state index < -0.39 is 18.3 Å². The summed E-state index contributed by atoms with van der Waals surface area (Å²) in [5.74, 6) is -0.255. The van der Waals surface area contributed by atoms with Crippen LogP contribution in [-0.2, 0) is 9.53 Å². The molecule has 0 heterocycles. The van der Waals surface area contributed by atoms with Crippen LogP contribution < -0.4 is 0 Å². The molecule has 1 rings (SSSR count). The molecule has 0 aliphatic heterocycles.